The number of benzene rings is 3. The topological polar surface area (TPSA) is 125 Å². The molecule has 4 rings (SSSR count). The highest BCUT2D eigenvalue weighted by Crippen LogP contribution is 2.34. The molecular weight excluding hydrogens is 500 g/mol. The molecule has 200 valence electrons. The van der Waals surface area contributed by atoms with Gasteiger partial charge >= 0.3 is 0 Å². The van der Waals surface area contributed by atoms with Crippen molar-refractivity contribution in [3.63, 3.8) is 0 Å². The fraction of sp³-hybridized carbons (Fsp3) is 0.345. The minimum Gasteiger partial charge on any atom is -0.379 e. The predicted octanol–water partition coefficient (Wildman–Crippen LogP) is 2.96. The van der Waals surface area contributed by atoms with E-state index in [-0.39, 0.29) is 37.1 Å². The number of amides is 3. The number of rotatable bonds is 11. The van der Waals surface area contributed by atoms with Crippen molar-refractivity contribution in [2.75, 3.05) is 23.7 Å². The Bertz CT molecular complexity index is 1280. The molecule has 0 radical (unpaired) electrons. The summed E-state index contributed by atoms with van der Waals surface area (Å²) in [4.78, 5) is 41.4. The molecule has 3 aromatic rings. The second-order valence-corrected chi connectivity index (χ2v) is 10.5. The first-order valence-electron chi connectivity index (χ1n) is 12.9. The van der Waals surface area contributed by atoms with E-state index in [1.165, 1.54) is 0 Å². The van der Waals surface area contributed by atoms with Crippen molar-refractivity contribution in [2.24, 2.45) is 5.73 Å². The summed E-state index contributed by atoms with van der Waals surface area (Å²) in [6.07, 6.45) is 0.628. The lowest BCUT2D eigenvalue weighted by molar-refractivity contribution is -0.129. The first kappa shape index (κ1) is 27.6. The number of carbonyl (C=O) groups excluding carboxylic acids is 3. The van der Waals surface area contributed by atoms with Gasteiger partial charge in [-0.2, -0.15) is 0 Å². The Morgan fingerprint density at radius 2 is 1.82 bits per heavy atom. The van der Waals surface area contributed by atoms with Gasteiger partial charge in [0.2, 0.25) is 17.7 Å². The van der Waals surface area contributed by atoms with E-state index in [0.29, 0.717) is 25.8 Å². The van der Waals surface area contributed by atoms with Gasteiger partial charge in [0.1, 0.15) is 12.3 Å². The van der Waals surface area contributed by atoms with E-state index in [9.17, 15) is 19.5 Å². The first-order valence-corrected chi connectivity index (χ1v) is 13.9. The van der Waals surface area contributed by atoms with Crippen molar-refractivity contribution in [3.8, 4) is 0 Å². The maximum atomic E-state index is 13.0. The van der Waals surface area contributed by atoms with E-state index in [1.807, 2.05) is 66.7 Å². The Hall–Kier alpha value is -3.40. The molecule has 8 nitrogen and oxygen atoms in total. The molecule has 0 aromatic heterocycles. The van der Waals surface area contributed by atoms with Crippen LogP contribution in [0.15, 0.2) is 71.6 Å². The number of nitrogens with two attached hydrogens (primary N) is 1. The zero-order valence-corrected chi connectivity index (χ0v) is 22.1. The monoisotopic (exact) mass is 534 g/mol. The number of fused-ring (bicyclic) bond motifs is 2. The van der Waals surface area contributed by atoms with Crippen LogP contribution in [0.25, 0.3) is 10.8 Å². The molecular formula is C29H34N4O4S. The van der Waals surface area contributed by atoms with E-state index in [4.69, 9.17) is 5.73 Å². The zero-order valence-electron chi connectivity index (χ0n) is 21.3. The molecule has 1 aliphatic rings. The number of nitrogens with zero attached hydrogens (tertiary/aromatic N) is 1. The molecule has 3 amide bonds. The maximum absolute atomic E-state index is 13.0. The van der Waals surface area contributed by atoms with Crippen LogP contribution in [0.1, 0.15) is 31.2 Å². The van der Waals surface area contributed by atoms with Gasteiger partial charge in [-0.3, -0.25) is 14.4 Å². The Morgan fingerprint density at radius 3 is 2.63 bits per heavy atom. The summed E-state index contributed by atoms with van der Waals surface area (Å²) in [6, 6.07) is 21.0. The number of hydrogen-bond acceptors (Lipinski definition) is 6. The minimum absolute atomic E-state index is 0.0542. The molecule has 0 fully saturated rings. The molecule has 9 heteroatoms. The highest BCUT2D eigenvalue weighted by molar-refractivity contribution is 7.99. The largest absolute Gasteiger partial charge is 0.379 e. The van der Waals surface area contributed by atoms with Crippen molar-refractivity contribution < 1.29 is 19.5 Å². The molecule has 38 heavy (non-hydrogen) atoms. The Labute approximate surface area is 227 Å². The molecule has 1 heterocycles. The van der Waals surface area contributed by atoms with Gasteiger partial charge in [-0.25, -0.2) is 0 Å². The Morgan fingerprint density at radius 1 is 1.05 bits per heavy atom. The zero-order chi connectivity index (χ0) is 26.9. The predicted molar refractivity (Wildman–Crippen MR) is 151 cm³/mol. The van der Waals surface area contributed by atoms with Crippen LogP contribution in [0.2, 0.25) is 0 Å². The lowest BCUT2D eigenvalue weighted by Crippen LogP contribution is -2.48. The molecule has 1 aliphatic heterocycles. The summed E-state index contributed by atoms with van der Waals surface area (Å²) in [5.74, 6) is 0.202. The molecule has 2 atom stereocenters. The fourth-order valence-electron chi connectivity index (χ4n) is 4.51. The third-order valence-electron chi connectivity index (χ3n) is 6.46. The SMILES string of the molecule is N[C@@H](O)CCNC(=O)[C@@H](Cc1ccc2ccccc2c1)NC(=O)CCCN1C(=O)CCSc2ccccc21. The quantitative estimate of drug-likeness (QED) is 0.281. The van der Waals surface area contributed by atoms with Crippen LogP contribution in [0.4, 0.5) is 5.69 Å². The third-order valence-corrected chi connectivity index (χ3v) is 7.53. The Kier molecular flexibility index (Phi) is 9.75. The standard InChI is InChI=1S/C29H34N4O4S/c30-26(34)13-15-31-29(37)23(19-20-11-12-21-6-1-2-7-22(21)18-20)32-27(35)10-5-16-33-24-8-3-4-9-25(24)38-17-14-28(33)36/h1-4,6-9,11-12,18,23,26,34H,5,10,13-17,19,30H2,(H,31,37)(H,32,35)/t23-,26+/m1/s1. The molecule has 0 aliphatic carbocycles. The molecule has 3 aromatic carbocycles. The highest BCUT2D eigenvalue weighted by atomic mass is 32.2. The van der Waals surface area contributed by atoms with Gasteiger partial charge < -0.3 is 26.4 Å². The third kappa shape index (κ3) is 7.56. The van der Waals surface area contributed by atoms with E-state index in [2.05, 4.69) is 10.6 Å². The molecule has 0 bridgehead atoms. The van der Waals surface area contributed by atoms with Crippen LogP contribution in [-0.4, -0.2) is 53.9 Å². The van der Waals surface area contributed by atoms with Gasteiger partial charge in [0.25, 0.3) is 0 Å². The van der Waals surface area contributed by atoms with Gasteiger partial charge in [-0.15, -0.1) is 11.8 Å². The van der Waals surface area contributed by atoms with Crippen molar-refractivity contribution in [1.29, 1.82) is 0 Å². The number of aliphatic hydroxyl groups excluding tert-OH is 1. The lowest BCUT2D eigenvalue weighted by atomic mass is 10.0. The summed E-state index contributed by atoms with van der Waals surface area (Å²) >= 11 is 1.67. The van der Waals surface area contributed by atoms with Crippen LogP contribution in [0, 0.1) is 0 Å². The van der Waals surface area contributed by atoms with Crippen LogP contribution in [-0.2, 0) is 20.8 Å². The van der Waals surface area contributed by atoms with E-state index < -0.39 is 12.3 Å². The smallest absolute Gasteiger partial charge is 0.242 e. The van der Waals surface area contributed by atoms with Crippen molar-refractivity contribution in [1.82, 2.24) is 10.6 Å². The number of aliphatic hydroxyl groups is 1. The van der Waals surface area contributed by atoms with Crippen LogP contribution < -0.4 is 21.3 Å². The van der Waals surface area contributed by atoms with Gasteiger partial charge in [-0.05, 0) is 34.9 Å². The molecule has 5 N–H and O–H groups in total. The summed E-state index contributed by atoms with van der Waals surface area (Å²) in [5.41, 5.74) is 7.19. The van der Waals surface area contributed by atoms with Gasteiger partial charge in [0.15, 0.2) is 0 Å². The van der Waals surface area contributed by atoms with Crippen molar-refractivity contribution in [2.45, 2.75) is 49.3 Å². The van der Waals surface area contributed by atoms with Gasteiger partial charge in [-0.1, -0.05) is 54.6 Å². The summed E-state index contributed by atoms with van der Waals surface area (Å²) in [6.45, 7) is 0.634. The Balaban J connectivity index is 1.39. The summed E-state index contributed by atoms with van der Waals surface area (Å²) in [7, 11) is 0. The molecule has 0 spiro atoms. The summed E-state index contributed by atoms with van der Waals surface area (Å²) in [5, 5.41) is 17.1. The van der Waals surface area contributed by atoms with Crippen molar-refractivity contribution >= 4 is 45.9 Å². The second kappa shape index (κ2) is 13.4. The average Bonchev–Trinajstić information content (AvgIpc) is 3.06. The first-order chi connectivity index (χ1) is 18.4. The molecule has 0 saturated carbocycles. The number of thioether (sulfide) groups is 1. The molecule has 0 unspecified atom stereocenters. The fourth-order valence-corrected chi connectivity index (χ4v) is 5.50. The summed E-state index contributed by atoms with van der Waals surface area (Å²) < 4.78 is 0. The van der Waals surface area contributed by atoms with E-state index in [0.717, 1.165) is 32.7 Å². The van der Waals surface area contributed by atoms with E-state index in [1.54, 1.807) is 16.7 Å². The van der Waals surface area contributed by atoms with Gasteiger partial charge in [0, 0.05) is 49.4 Å². The number of para-hydroxylation sites is 1. The van der Waals surface area contributed by atoms with Crippen molar-refractivity contribution in [3.05, 3.63) is 72.3 Å². The number of carbonyl (C=O) groups is 3. The highest BCUT2D eigenvalue weighted by Gasteiger charge is 2.24. The molecule has 0 saturated heterocycles. The van der Waals surface area contributed by atoms with Crippen LogP contribution in [0.5, 0.6) is 0 Å². The number of anilines is 1. The lowest BCUT2D eigenvalue weighted by Gasteiger charge is -2.23. The minimum atomic E-state index is -1.02. The van der Waals surface area contributed by atoms with Crippen LogP contribution >= 0.6 is 11.8 Å². The number of hydrogen-bond donors (Lipinski definition) is 4. The van der Waals surface area contributed by atoms with Gasteiger partial charge in [0.05, 0.1) is 5.69 Å². The average molecular weight is 535 g/mol. The second-order valence-electron chi connectivity index (χ2n) is 9.37. The number of nitrogens with one attached hydrogen (secondary N) is 2. The maximum Gasteiger partial charge on any atom is 0.242 e. The van der Waals surface area contributed by atoms with Crippen LogP contribution in [0.3, 0.4) is 0 Å². The van der Waals surface area contributed by atoms with E-state index >= 15 is 0 Å². The normalized spacial score (nSPS) is 14.9.